The van der Waals surface area contributed by atoms with E-state index >= 15 is 0 Å². The molecule has 0 aliphatic rings. The van der Waals surface area contributed by atoms with Crippen molar-refractivity contribution in [2.24, 2.45) is 5.92 Å². The van der Waals surface area contributed by atoms with Crippen LogP contribution in [-0.2, 0) is 42.2 Å². The first kappa shape index (κ1) is 20.0. The Balaban J connectivity index is 0.00000264. The number of ketones is 1. The summed E-state index contributed by atoms with van der Waals surface area (Å²) in [7, 11) is 0. The van der Waals surface area contributed by atoms with Crippen molar-refractivity contribution in [3.8, 4) is 0 Å². The van der Waals surface area contributed by atoms with E-state index in [0.29, 0.717) is 18.4 Å². The van der Waals surface area contributed by atoms with Crippen molar-refractivity contribution < 1.29 is 51.5 Å². The Hall–Kier alpha value is -0.996. The summed E-state index contributed by atoms with van der Waals surface area (Å²) >= 11 is 0. The molecular weight excluding hydrogens is 369 g/mol. The van der Waals surface area contributed by atoms with E-state index in [1.807, 2.05) is 39.0 Å². The number of carbonyl (C=O) groups excluding carboxylic acids is 2. The number of carbonyl (C=O) groups is 2. The summed E-state index contributed by atoms with van der Waals surface area (Å²) in [5.74, 6) is -0.288. The molecule has 1 aromatic carbocycles. The Morgan fingerprint density at radius 2 is 1.96 bits per heavy atom. The third kappa shape index (κ3) is 5.54. The quantitative estimate of drug-likeness (QED) is 0.526. The van der Waals surface area contributed by atoms with Gasteiger partial charge in [0.15, 0.2) is 6.10 Å². The van der Waals surface area contributed by atoms with E-state index in [0.717, 1.165) is 5.39 Å². The van der Waals surface area contributed by atoms with Crippen LogP contribution in [0.5, 0.6) is 0 Å². The molecule has 5 heteroatoms. The zero-order valence-electron chi connectivity index (χ0n) is 13.7. The van der Waals surface area contributed by atoms with Gasteiger partial charge < -0.3 is 15.6 Å². The fourth-order valence-electron chi connectivity index (χ4n) is 2.28. The molecule has 2 rings (SSSR count). The minimum Gasteiger partial charge on any atom is -0.449 e. The first-order valence-electron chi connectivity index (χ1n) is 7.51. The second-order valence-electron chi connectivity index (χ2n) is 5.75. The van der Waals surface area contributed by atoms with Crippen molar-refractivity contribution in [3.05, 3.63) is 42.5 Å². The predicted molar refractivity (Wildman–Crippen MR) is 84.5 cm³/mol. The molecule has 0 fully saturated rings. The fraction of sp³-hybridized carbons (Fsp3) is 0.389. The second kappa shape index (κ2) is 9.34. The third-order valence-corrected chi connectivity index (χ3v) is 3.33. The Labute approximate surface area is 161 Å². The summed E-state index contributed by atoms with van der Waals surface area (Å²) in [5.41, 5.74) is 0.628. The van der Waals surface area contributed by atoms with E-state index in [1.54, 1.807) is 18.6 Å². The molecule has 0 amide bonds. The number of Topliss-reactive ketones (excluding diaryl/α,β-unsaturated/α-hetero) is 1. The van der Waals surface area contributed by atoms with E-state index in [4.69, 9.17) is 9.15 Å². The maximum Gasteiger partial charge on any atom is 0.374 e. The summed E-state index contributed by atoms with van der Waals surface area (Å²) in [5, 5.41) is 0.836. The SMILES string of the molecule is C[CH-]CC(=O)[C@H](CC(C)C)OC(=O)c1cc2ccccc2o1.[Y]. The number of para-hydroxylation sites is 1. The average Bonchev–Trinajstić information content (AvgIpc) is 2.90. The largest absolute Gasteiger partial charge is 0.449 e. The number of ether oxygens (including phenoxy) is 1. The molecule has 0 bridgehead atoms. The molecule has 0 spiro atoms. The summed E-state index contributed by atoms with van der Waals surface area (Å²) in [6, 6.07) is 8.99. The summed E-state index contributed by atoms with van der Waals surface area (Å²) in [6.45, 7) is 5.79. The van der Waals surface area contributed by atoms with Gasteiger partial charge in [-0.3, -0.25) is 4.79 Å². The van der Waals surface area contributed by atoms with Crippen molar-refractivity contribution in [2.75, 3.05) is 0 Å². The molecule has 1 atom stereocenters. The molecular formula is C18H21O4Y-. The molecule has 1 aromatic heterocycles. The van der Waals surface area contributed by atoms with E-state index in [2.05, 4.69) is 0 Å². The molecule has 1 heterocycles. The van der Waals surface area contributed by atoms with Gasteiger partial charge in [-0.25, -0.2) is 4.79 Å². The Morgan fingerprint density at radius 3 is 2.57 bits per heavy atom. The number of fused-ring (bicyclic) bond motifs is 1. The van der Waals surface area contributed by atoms with Crippen LogP contribution in [0.15, 0.2) is 34.7 Å². The van der Waals surface area contributed by atoms with Gasteiger partial charge in [0.1, 0.15) is 11.4 Å². The van der Waals surface area contributed by atoms with Gasteiger partial charge in [-0.1, -0.05) is 32.0 Å². The van der Waals surface area contributed by atoms with Crippen LogP contribution in [0.1, 0.15) is 44.2 Å². The van der Waals surface area contributed by atoms with Crippen LogP contribution < -0.4 is 0 Å². The van der Waals surface area contributed by atoms with Crippen LogP contribution in [-0.4, -0.2) is 17.9 Å². The van der Waals surface area contributed by atoms with Crippen LogP contribution in [0, 0.1) is 12.3 Å². The van der Waals surface area contributed by atoms with E-state index in [-0.39, 0.29) is 50.2 Å². The van der Waals surface area contributed by atoms with E-state index in [1.165, 1.54) is 0 Å². The number of rotatable bonds is 7. The van der Waals surface area contributed by atoms with Crippen LogP contribution in [0.4, 0.5) is 0 Å². The first-order valence-corrected chi connectivity index (χ1v) is 7.51. The molecule has 0 saturated heterocycles. The maximum atomic E-state index is 12.2. The number of furan rings is 1. The monoisotopic (exact) mass is 390 g/mol. The third-order valence-electron chi connectivity index (χ3n) is 3.33. The van der Waals surface area contributed by atoms with Gasteiger partial charge >= 0.3 is 5.97 Å². The average molecular weight is 390 g/mol. The number of benzene rings is 1. The van der Waals surface area contributed by atoms with Gasteiger partial charge in [-0.15, -0.1) is 6.42 Å². The Bertz CT molecular complexity index is 627. The zero-order chi connectivity index (χ0) is 16.1. The van der Waals surface area contributed by atoms with E-state index in [9.17, 15) is 9.59 Å². The van der Waals surface area contributed by atoms with Gasteiger partial charge in [0, 0.05) is 38.1 Å². The molecule has 0 aliphatic heterocycles. The second-order valence-corrected chi connectivity index (χ2v) is 5.75. The van der Waals surface area contributed by atoms with Gasteiger partial charge in [0.25, 0.3) is 0 Å². The molecule has 1 radical (unpaired) electrons. The van der Waals surface area contributed by atoms with Gasteiger partial charge in [0.2, 0.25) is 5.76 Å². The Kier molecular flexibility index (Phi) is 8.14. The minimum absolute atomic E-state index is 0. The van der Waals surface area contributed by atoms with Gasteiger partial charge in [-0.05, 0) is 24.5 Å². The van der Waals surface area contributed by atoms with Crippen LogP contribution in [0.3, 0.4) is 0 Å². The minimum atomic E-state index is -0.725. The predicted octanol–water partition coefficient (Wildman–Crippen LogP) is 4.19. The van der Waals surface area contributed by atoms with Crippen LogP contribution in [0.25, 0.3) is 11.0 Å². The number of hydrogen-bond acceptors (Lipinski definition) is 4. The first-order chi connectivity index (χ1) is 10.5. The van der Waals surface area contributed by atoms with Crippen molar-refractivity contribution in [2.45, 2.75) is 39.7 Å². The maximum absolute atomic E-state index is 12.2. The van der Waals surface area contributed by atoms with E-state index < -0.39 is 12.1 Å². The standard InChI is InChI=1S/C18H21O4.Y/c1-4-7-14(19)16(10-12(2)3)22-18(20)17-11-13-8-5-6-9-15(13)21-17;/h4-6,8-9,11-12,16H,7,10H2,1-3H3;/q-1;/t16-;/m0./s1. The van der Waals surface area contributed by atoms with Crippen molar-refractivity contribution in [3.63, 3.8) is 0 Å². The smallest absolute Gasteiger partial charge is 0.374 e. The molecule has 2 aromatic rings. The fourth-order valence-corrected chi connectivity index (χ4v) is 2.28. The van der Waals surface area contributed by atoms with Crippen LogP contribution >= 0.6 is 0 Å². The summed E-state index contributed by atoms with van der Waals surface area (Å²) in [4.78, 5) is 24.3. The molecule has 23 heavy (non-hydrogen) atoms. The van der Waals surface area contributed by atoms with Crippen LogP contribution in [0.2, 0.25) is 0 Å². The molecule has 0 unspecified atom stereocenters. The molecule has 0 N–H and O–H groups in total. The van der Waals surface area contributed by atoms with Crippen molar-refractivity contribution in [1.82, 2.24) is 0 Å². The zero-order valence-corrected chi connectivity index (χ0v) is 16.6. The number of hydrogen-bond donors (Lipinski definition) is 0. The molecule has 0 aliphatic carbocycles. The van der Waals surface area contributed by atoms with Crippen molar-refractivity contribution in [1.29, 1.82) is 0 Å². The Morgan fingerprint density at radius 1 is 1.26 bits per heavy atom. The topological polar surface area (TPSA) is 56.5 Å². The van der Waals surface area contributed by atoms with Gasteiger partial charge in [0.05, 0.1) is 0 Å². The summed E-state index contributed by atoms with van der Waals surface area (Å²) in [6.07, 6.45) is 1.85. The molecule has 0 saturated carbocycles. The normalized spacial score (nSPS) is 12.0. The molecule has 4 nitrogen and oxygen atoms in total. The molecule has 121 valence electrons. The number of esters is 1. The summed E-state index contributed by atoms with van der Waals surface area (Å²) < 4.78 is 10.9. The van der Waals surface area contributed by atoms with Gasteiger partial charge in [-0.2, -0.15) is 6.92 Å². The van der Waals surface area contributed by atoms with Crippen molar-refractivity contribution >= 4 is 22.7 Å².